The Labute approximate surface area is 186 Å². The molecular weight excluding hydrogens is 489 g/mol. The first-order valence-corrected chi connectivity index (χ1v) is 9.29. The lowest BCUT2D eigenvalue weighted by molar-refractivity contribution is -0.128. The van der Waals surface area contributed by atoms with Crippen molar-refractivity contribution >= 4 is 35.8 Å². The molecule has 0 aromatic heterocycles. The van der Waals surface area contributed by atoms with Gasteiger partial charge in [0.1, 0.15) is 11.6 Å². The molecule has 2 aromatic rings. The molecule has 1 saturated heterocycles. The van der Waals surface area contributed by atoms with Gasteiger partial charge < -0.3 is 15.5 Å². The third-order valence-corrected chi connectivity index (χ3v) is 4.71. The SMILES string of the molecule is CN=C(NCc1ccc(CN2CCCC2=O)cc1)NCc1cc(F)ccc1F.I. The van der Waals surface area contributed by atoms with E-state index in [0.717, 1.165) is 36.2 Å². The lowest BCUT2D eigenvalue weighted by Gasteiger charge is -2.16. The predicted molar refractivity (Wildman–Crippen MR) is 120 cm³/mol. The number of aliphatic imine (C=N–C) groups is 1. The van der Waals surface area contributed by atoms with Gasteiger partial charge in [-0.2, -0.15) is 0 Å². The van der Waals surface area contributed by atoms with Crippen molar-refractivity contribution in [3.63, 3.8) is 0 Å². The second-order valence-electron chi connectivity index (χ2n) is 6.75. The van der Waals surface area contributed by atoms with E-state index in [-0.39, 0.29) is 42.0 Å². The average Bonchev–Trinajstić information content (AvgIpc) is 3.10. The number of amides is 1. The molecule has 5 nitrogen and oxygen atoms in total. The van der Waals surface area contributed by atoms with Gasteiger partial charge in [0.15, 0.2) is 5.96 Å². The maximum Gasteiger partial charge on any atom is 0.222 e. The van der Waals surface area contributed by atoms with E-state index in [9.17, 15) is 13.6 Å². The van der Waals surface area contributed by atoms with Crippen LogP contribution in [0.1, 0.15) is 29.5 Å². The Bertz CT molecular complexity index is 858. The number of hydrogen-bond acceptors (Lipinski definition) is 2. The smallest absolute Gasteiger partial charge is 0.222 e. The monoisotopic (exact) mass is 514 g/mol. The van der Waals surface area contributed by atoms with Gasteiger partial charge in [0, 0.05) is 45.2 Å². The maximum absolute atomic E-state index is 13.7. The minimum atomic E-state index is -0.475. The van der Waals surface area contributed by atoms with Crippen LogP contribution in [0.4, 0.5) is 8.78 Å². The number of nitrogens with zero attached hydrogens (tertiary/aromatic N) is 2. The highest BCUT2D eigenvalue weighted by Gasteiger charge is 2.19. The number of carbonyl (C=O) groups excluding carboxylic acids is 1. The summed E-state index contributed by atoms with van der Waals surface area (Å²) in [6.45, 7) is 2.14. The minimum Gasteiger partial charge on any atom is -0.352 e. The van der Waals surface area contributed by atoms with Crippen LogP contribution in [0.15, 0.2) is 47.5 Å². The molecule has 0 radical (unpaired) electrons. The Kier molecular flexibility index (Phi) is 8.81. The van der Waals surface area contributed by atoms with E-state index in [4.69, 9.17) is 0 Å². The minimum absolute atomic E-state index is 0. The van der Waals surface area contributed by atoms with Crippen LogP contribution < -0.4 is 10.6 Å². The van der Waals surface area contributed by atoms with Gasteiger partial charge in [-0.25, -0.2) is 8.78 Å². The Hall–Kier alpha value is -2.23. The van der Waals surface area contributed by atoms with Crippen LogP contribution in [0.5, 0.6) is 0 Å². The Morgan fingerprint density at radius 1 is 1.07 bits per heavy atom. The first kappa shape index (κ1) is 23.1. The number of rotatable bonds is 6. The van der Waals surface area contributed by atoms with Crippen LogP contribution in [0.25, 0.3) is 0 Å². The fourth-order valence-electron chi connectivity index (χ4n) is 3.12. The predicted octanol–water partition coefficient (Wildman–Crippen LogP) is 3.57. The maximum atomic E-state index is 13.7. The second kappa shape index (κ2) is 11.1. The normalized spacial score (nSPS) is 14.0. The average molecular weight is 514 g/mol. The van der Waals surface area contributed by atoms with Gasteiger partial charge in [0.05, 0.1) is 0 Å². The summed E-state index contributed by atoms with van der Waals surface area (Å²) in [7, 11) is 1.62. The number of nitrogens with one attached hydrogen (secondary N) is 2. The third kappa shape index (κ3) is 6.66. The van der Waals surface area contributed by atoms with Crippen LogP contribution in [0.2, 0.25) is 0 Å². The summed E-state index contributed by atoms with van der Waals surface area (Å²) in [5.74, 6) is -0.223. The summed E-state index contributed by atoms with van der Waals surface area (Å²) in [6, 6.07) is 11.4. The Morgan fingerprint density at radius 2 is 1.76 bits per heavy atom. The molecule has 1 amide bonds. The van der Waals surface area contributed by atoms with Gasteiger partial charge in [-0.3, -0.25) is 9.79 Å². The zero-order chi connectivity index (χ0) is 19.9. The van der Waals surface area contributed by atoms with Crippen molar-refractivity contribution in [1.82, 2.24) is 15.5 Å². The van der Waals surface area contributed by atoms with Gasteiger partial charge in [-0.15, -0.1) is 24.0 Å². The summed E-state index contributed by atoms with van der Waals surface area (Å²) in [5.41, 5.74) is 2.39. The van der Waals surface area contributed by atoms with E-state index < -0.39 is 11.6 Å². The molecule has 0 unspecified atom stereocenters. The van der Waals surface area contributed by atoms with Crippen molar-refractivity contribution < 1.29 is 13.6 Å². The molecule has 1 fully saturated rings. The number of halogens is 3. The number of carbonyl (C=O) groups is 1. The highest BCUT2D eigenvalue weighted by molar-refractivity contribution is 14.0. The highest BCUT2D eigenvalue weighted by atomic mass is 127. The van der Waals surface area contributed by atoms with E-state index in [2.05, 4.69) is 15.6 Å². The molecule has 0 spiro atoms. The molecule has 2 aromatic carbocycles. The van der Waals surface area contributed by atoms with Gasteiger partial charge >= 0.3 is 0 Å². The van der Waals surface area contributed by atoms with Crippen molar-refractivity contribution in [1.29, 1.82) is 0 Å². The second-order valence-corrected chi connectivity index (χ2v) is 6.75. The van der Waals surface area contributed by atoms with E-state index in [1.807, 2.05) is 29.2 Å². The molecule has 0 saturated carbocycles. The summed E-state index contributed by atoms with van der Waals surface area (Å²) < 4.78 is 26.9. The van der Waals surface area contributed by atoms with Crippen LogP contribution in [0, 0.1) is 11.6 Å². The largest absolute Gasteiger partial charge is 0.352 e. The zero-order valence-electron chi connectivity index (χ0n) is 16.3. The molecule has 156 valence electrons. The summed E-state index contributed by atoms with van der Waals surface area (Å²) >= 11 is 0. The zero-order valence-corrected chi connectivity index (χ0v) is 18.6. The van der Waals surface area contributed by atoms with Crippen LogP contribution in [0.3, 0.4) is 0 Å². The van der Waals surface area contributed by atoms with Crippen molar-refractivity contribution in [2.75, 3.05) is 13.6 Å². The molecule has 29 heavy (non-hydrogen) atoms. The topological polar surface area (TPSA) is 56.7 Å². The molecule has 0 bridgehead atoms. The molecular formula is C21H25F2IN4O. The van der Waals surface area contributed by atoms with Crippen molar-refractivity contribution in [3.05, 3.63) is 70.8 Å². The van der Waals surface area contributed by atoms with Crippen molar-refractivity contribution in [2.45, 2.75) is 32.5 Å². The van der Waals surface area contributed by atoms with Crippen molar-refractivity contribution in [3.8, 4) is 0 Å². The number of hydrogen-bond donors (Lipinski definition) is 2. The van der Waals surface area contributed by atoms with Gasteiger partial charge in [-0.1, -0.05) is 24.3 Å². The molecule has 1 heterocycles. The van der Waals surface area contributed by atoms with E-state index >= 15 is 0 Å². The fourth-order valence-corrected chi connectivity index (χ4v) is 3.12. The number of guanidine groups is 1. The van der Waals surface area contributed by atoms with Crippen molar-refractivity contribution in [2.24, 2.45) is 4.99 Å². The first-order chi connectivity index (χ1) is 13.5. The van der Waals surface area contributed by atoms with Gasteiger partial charge in [-0.05, 0) is 35.7 Å². The Balaban J connectivity index is 0.00000300. The number of likely N-dealkylation sites (tertiary alicyclic amines) is 1. The molecule has 1 aliphatic heterocycles. The molecule has 0 aliphatic carbocycles. The summed E-state index contributed by atoms with van der Waals surface area (Å²) in [6.07, 6.45) is 1.58. The molecule has 1 aliphatic rings. The van der Waals surface area contributed by atoms with Crippen LogP contribution in [-0.4, -0.2) is 30.4 Å². The van der Waals surface area contributed by atoms with E-state index in [1.54, 1.807) is 7.05 Å². The first-order valence-electron chi connectivity index (χ1n) is 9.29. The summed E-state index contributed by atoms with van der Waals surface area (Å²) in [4.78, 5) is 17.7. The molecule has 0 atom stereocenters. The van der Waals surface area contributed by atoms with Gasteiger partial charge in [0.25, 0.3) is 0 Å². The van der Waals surface area contributed by atoms with E-state index in [0.29, 0.717) is 25.5 Å². The standard InChI is InChI=1S/C21H24F2N4O.HI/c1-24-21(26-13-17-11-18(22)8-9-19(17)23)25-12-15-4-6-16(7-5-15)14-27-10-2-3-20(27)28;/h4-9,11H,2-3,10,12-14H2,1H3,(H2,24,25,26);1H. The lowest BCUT2D eigenvalue weighted by atomic mass is 10.1. The van der Waals surface area contributed by atoms with Crippen LogP contribution in [-0.2, 0) is 24.4 Å². The molecule has 3 rings (SSSR count). The van der Waals surface area contributed by atoms with Crippen LogP contribution >= 0.6 is 24.0 Å². The lowest BCUT2D eigenvalue weighted by Crippen LogP contribution is -2.36. The quantitative estimate of drug-likeness (QED) is 0.352. The molecule has 2 N–H and O–H groups in total. The molecule has 8 heteroatoms. The fraction of sp³-hybridized carbons (Fsp3) is 0.333. The Morgan fingerprint density at radius 3 is 2.41 bits per heavy atom. The summed E-state index contributed by atoms with van der Waals surface area (Å²) in [5, 5.41) is 6.12. The van der Waals surface area contributed by atoms with E-state index in [1.165, 1.54) is 6.07 Å². The third-order valence-electron chi connectivity index (χ3n) is 4.71. The number of benzene rings is 2. The highest BCUT2D eigenvalue weighted by Crippen LogP contribution is 2.15. The van der Waals surface area contributed by atoms with Gasteiger partial charge in [0.2, 0.25) is 5.91 Å².